The summed E-state index contributed by atoms with van der Waals surface area (Å²) in [5.41, 5.74) is 3.03. The lowest BCUT2D eigenvalue weighted by molar-refractivity contribution is 0.106. The second-order valence-electron chi connectivity index (χ2n) is 7.24. The zero-order valence-electron chi connectivity index (χ0n) is 14.5. The number of benzene rings is 1. The first-order valence-electron chi connectivity index (χ1n) is 9.40. The third-order valence-corrected chi connectivity index (χ3v) is 6.02. The molecular formula is C20H31ClN2. The molecule has 1 aliphatic carbocycles. The van der Waals surface area contributed by atoms with E-state index >= 15 is 0 Å². The number of rotatable bonds is 5. The van der Waals surface area contributed by atoms with Crippen LogP contribution < -0.4 is 0 Å². The van der Waals surface area contributed by atoms with Gasteiger partial charge in [0.05, 0.1) is 0 Å². The topological polar surface area (TPSA) is 6.48 Å². The Morgan fingerprint density at radius 2 is 1.65 bits per heavy atom. The molecule has 0 spiro atoms. The molecule has 1 aromatic rings. The molecule has 1 atom stereocenters. The Hall–Kier alpha value is -0.570. The van der Waals surface area contributed by atoms with Gasteiger partial charge in [0.25, 0.3) is 0 Å². The van der Waals surface area contributed by atoms with E-state index in [0.717, 1.165) is 44.5 Å². The van der Waals surface area contributed by atoms with E-state index in [2.05, 4.69) is 41.0 Å². The highest BCUT2D eigenvalue weighted by molar-refractivity contribution is 6.18. The van der Waals surface area contributed by atoms with Crippen molar-refractivity contribution in [2.24, 2.45) is 0 Å². The van der Waals surface area contributed by atoms with Gasteiger partial charge in [0, 0.05) is 44.6 Å². The Morgan fingerprint density at radius 1 is 1.00 bits per heavy atom. The number of nitrogens with zero attached hydrogens (tertiary/aromatic N) is 2. The smallest absolute Gasteiger partial charge is 0.0351 e. The van der Waals surface area contributed by atoms with Crippen molar-refractivity contribution in [1.82, 2.24) is 9.80 Å². The van der Waals surface area contributed by atoms with Crippen molar-refractivity contribution < 1.29 is 0 Å². The van der Waals surface area contributed by atoms with Crippen LogP contribution in [0.1, 0.15) is 62.1 Å². The summed E-state index contributed by atoms with van der Waals surface area (Å²) < 4.78 is 0. The van der Waals surface area contributed by atoms with Gasteiger partial charge in [-0.2, -0.15) is 0 Å². The highest BCUT2D eigenvalue weighted by Gasteiger charge is 2.22. The van der Waals surface area contributed by atoms with Crippen LogP contribution in [0.5, 0.6) is 0 Å². The number of alkyl halides is 1. The van der Waals surface area contributed by atoms with E-state index in [1.54, 1.807) is 5.56 Å². The van der Waals surface area contributed by atoms with Crippen LogP contribution in [0.25, 0.3) is 0 Å². The van der Waals surface area contributed by atoms with Gasteiger partial charge in [0.2, 0.25) is 0 Å². The summed E-state index contributed by atoms with van der Waals surface area (Å²) in [5.74, 6) is 1.56. The third kappa shape index (κ3) is 4.49. The van der Waals surface area contributed by atoms with E-state index in [9.17, 15) is 0 Å². The molecule has 2 nitrogen and oxygen atoms in total. The third-order valence-electron chi connectivity index (χ3n) is 5.85. The molecule has 1 saturated carbocycles. The monoisotopic (exact) mass is 334 g/mol. The minimum absolute atomic E-state index is 0.522. The van der Waals surface area contributed by atoms with Gasteiger partial charge < -0.3 is 0 Å². The zero-order chi connectivity index (χ0) is 16.1. The Kier molecular flexibility index (Phi) is 6.38. The first kappa shape index (κ1) is 17.3. The lowest BCUT2D eigenvalue weighted by atomic mass is 9.83. The van der Waals surface area contributed by atoms with Gasteiger partial charge in [-0.25, -0.2) is 0 Å². The summed E-state index contributed by atoms with van der Waals surface area (Å²) >= 11 is 5.85. The Morgan fingerprint density at radius 3 is 2.26 bits per heavy atom. The molecule has 2 aliphatic rings. The average Bonchev–Trinajstić information content (AvgIpc) is 2.63. The molecule has 0 radical (unpaired) electrons. The molecule has 1 aromatic carbocycles. The molecular weight excluding hydrogens is 304 g/mol. The largest absolute Gasteiger partial charge is 0.300 e. The minimum Gasteiger partial charge on any atom is -0.300 e. The lowest BCUT2D eigenvalue weighted by Crippen LogP contribution is -2.47. The van der Waals surface area contributed by atoms with Crippen molar-refractivity contribution >= 4 is 11.6 Å². The second-order valence-corrected chi connectivity index (χ2v) is 7.62. The van der Waals surface area contributed by atoms with Gasteiger partial charge in [-0.05, 0) is 36.8 Å². The molecule has 3 heteroatoms. The number of halogens is 1. The normalized spacial score (nSPS) is 23.0. The molecule has 0 bridgehead atoms. The summed E-state index contributed by atoms with van der Waals surface area (Å²) in [7, 11) is 0. The maximum absolute atomic E-state index is 5.85. The van der Waals surface area contributed by atoms with E-state index in [4.69, 9.17) is 11.6 Å². The fourth-order valence-corrected chi connectivity index (χ4v) is 4.43. The standard InChI is InChI=1S/C20H31ClN2/c1-17(23-15-13-22(12-11-21)14-16-23)18-7-9-20(10-8-18)19-5-3-2-4-6-19/h7-10,17,19H,2-6,11-16H2,1H3. The maximum Gasteiger partial charge on any atom is 0.0351 e. The maximum atomic E-state index is 5.85. The number of hydrogen-bond donors (Lipinski definition) is 0. The molecule has 1 aliphatic heterocycles. The molecule has 1 unspecified atom stereocenters. The fraction of sp³-hybridized carbons (Fsp3) is 0.700. The quantitative estimate of drug-likeness (QED) is 0.723. The van der Waals surface area contributed by atoms with Crippen LogP contribution in [0.15, 0.2) is 24.3 Å². The van der Waals surface area contributed by atoms with Crippen molar-refractivity contribution in [3.63, 3.8) is 0 Å². The van der Waals surface area contributed by atoms with Gasteiger partial charge in [-0.1, -0.05) is 43.5 Å². The van der Waals surface area contributed by atoms with Gasteiger partial charge in [-0.15, -0.1) is 11.6 Å². The van der Waals surface area contributed by atoms with Crippen LogP contribution in [0.3, 0.4) is 0 Å². The predicted molar refractivity (Wildman–Crippen MR) is 99.4 cm³/mol. The fourth-order valence-electron chi connectivity index (χ4n) is 4.19. The van der Waals surface area contributed by atoms with Crippen LogP contribution in [0, 0.1) is 0 Å². The summed E-state index contributed by atoms with van der Waals surface area (Å²) in [6, 6.07) is 10.1. The van der Waals surface area contributed by atoms with Crippen molar-refractivity contribution in [3.8, 4) is 0 Å². The molecule has 23 heavy (non-hydrogen) atoms. The van der Waals surface area contributed by atoms with E-state index in [-0.39, 0.29) is 0 Å². The molecule has 128 valence electrons. The van der Waals surface area contributed by atoms with E-state index in [1.807, 2.05) is 0 Å². The SMILES string of the molecule is CC(c1ccc(C2CCCCC2)cc1)N1CCN(CCCl)CC1. The summed E-state index contributed by atoms with van der Waals surface area (Å²) in [6.45, 7) is 7.99. The van der Waals surface area contributed by atoms with Crippen LogP contribution in [-0.2, 0) is 0 Å². The molecule has 0 N–H and O–H groups in total. The van der Waals surface area contributed by atoms with Crippen LogP contribution in [0.4, 0.5) is 0 Å². The minimum atomic E-state index is 0.522. The van der Waals surface area contributed by atoms with Crippen LogP contribution >= 0.6 is 11.6 Å². The first-order chi connectivity index (χ1) is 11.3. The van der Waals surface area contributed by atoms with Crippen molar-refractivity contribution in [2.75, 3.05) is 38.6 Å². The van der Waals surface area contributed by atoms with Crippen molar-refractivity contribution in [2.45, 2.75) is 51.0 Å². The number of piperazine rings is 1. The molecule has 0 aromatic heterocycles. The molecule has 0 amide bonds. The summed E-state index contributed by atoms with van der Waals surface area (Å²) in [4.78, 5) is 5.09. The van der Waals surface area contributed by atoms with Gasteiger partial charge in [-0.3, -0.25) is 9.80 Å². The second kappa shape index (κ2) is 8.50. The molecule has 1 saturated heterocycles. The Labute approximate surface area is 146 Å². The van der Waals surface area contributed by atoms with Gasteiger partial charge in [0.1, 0.15) is 0 Å². The highest BCUT2D eigenvalue weighted by atomic mass is 35.5. The first-order valence-corrected chi connectivity index (χ1v) is 9.93. The number of hydrogen-bond acceptors (Lipinski definition) is 2. The van der Waals surface area contributed by atoms with Crippen molar-refractivity contribution in [3.05, 3.63) is 35.4 Å². The summed E-state index contributed by atoms with van der Waals surface area (Å²) in [5, 5.41) is 0. The van der Waals surface area contributed by atoms with E-state index < -0.39 is 0 Å². The molecule has 1 heterocycles. The van der Waals surface area contributed by atoms with Crippen LogP contribution in [-0.4, -0.2) is 48.4 Å². The highest BCUT2D eigenvalue weighted by Crippen LogP contribution is 2.33. The molecule has 2 fully saturated rings. The van der Waals surface area contributed by atoms with Crippen molar-refractivity contribution in [1.29, 1.82) is 0 Å². The zero-order valence-corrected chi connectivity index (χ0v) is 15.3. The molecule has 3 rings (SSSR count). The predicted octanol–water partition coefficient (Wildman–Crippen LogP) is 4.65. The van der Waals surface area contributed by atoms with Gasteiger partial charge in [0.15, 0.2) is 0 Å². The average molecular weight is 335 g/mol. The Balaban J connectivity index is 1.56. The van der Waals surface area contributed by atoms with E-state index in [0.29, 0.717) is 6.04 Å². The Bertz CT molecular complexity index is 459. The lowest BCUT2D eigenvalue weighted by Gasteiger charge is -2.38. The van der Waals surface area contributed by atoms with E-state index in [1.165, 1.54) is 37.7 Å². The van der Waals surface area contributed by atoms with Gasteiger partial charge >= 0.3 is 0 Å². The van der Waals surface area contributed by atoms with Crippen LogP contribution in [0.2, 0.25) is 0 Å². The summed E-state index contributed by atoms with van der Waals surface area (Å²) in [6.07, 6.45) is 7.03.